The molecule has 0 radical (unpaired) electrons. The Labute approximate surface area is 166 Å². The number of hydrogen-bond donors (Lipinski definition) is 1. The summed E-state index contributed by atoms with van der Waals surface area (Å²) < 4.78 is 5.60. The smallest absolute Gasteiger partial charge is 0.226 e. The summed E-state index contributed by atoms with van der Waals surface area (Å²) in [6.45, 7) is 0. The highest BCUT2D eigenvalue weighted by atomic mass is 16.5. The van der Waals surface area contributed by atoms with Crippen LogP contribution in [0.15, 0.2) is 24.5 Å². The number of rotatable bonds is 5. The Morgan fingerprint density at radius 2 is 1.68 bits per heavy atom. The first-order valence-corrected chi connectivity index (χ1v) is 10.4. The normalized spacial score (nSPS) is 30.3. The van der Waals surface area contributed by atoms with Crippen LogP contribution >= 0.6 is 0 Å². The lowest BCUT2D eigenvalue weighted by Crippen LogP contribution is -2.51. The molecule has 0 aromatic carbocycles. The van der Waals surface area contributed by atoms with Gasteiger partial charge in [0.15, 0.2) is 0 Å². The molecule has 4 aliphatic carbocycles. The second-order valence-corrected chi connectivity index (χ2v) is 9.02. The van der Waals surface area contributed by atoms with E-state index in [-0.39, 0.29) is 0 Å². The van der Waals surface area contributed by atoms with Crippen molar-refractivity contribution >= 4 is 11.8 Å². The van der Waals surface area contributed by atoms with E-state index in [1.165, 1.54) is 32.1 Å². The second-order valence-electron chi connectivity index (χ2n) is 9.02. The van der Waals surface area contributed by atoms with Crippen molar-refractivity contribution in [1.82, 2.24) is 15.0 Å². The summed E-state index contributed by atoms with van der Waals surface area (Å²) in [7, 11) is 5.63. The summed E-state index contributed by atoms with van der Waals surface area (Å²) in [4.78, 5) is 15.8. The van der Waals surface area contributed by atoms with Crippen molar-refractivity contribution in [2.45, 2.75) is 38.1 Å². The summed E-state index contributed by atoms with van der Waals surface area (Å²) in [6, 6.07) is 4.55. The van der Waals surface area contributed by atoms with Crippen molar-refractivity contribution < 1.29 is 4.74 Å². The summed E-state index contributed by atoms with van der Waals surface area (Å²) in [5.41, 5.74) is 1.83. The number of pyridine rings is 1. The minimum atomic E-state index is 0.518. The predicted molar refractivity (Wildman–Crippen MR) is 111 cm³/mol. The Bertz CT molecular complexity index is 823. The van der Waals surface area contributed by atoms with E-state index in [2.05, 4.69) is 15.3 Å². The highest BCUT2D eigenvalue weighted by Gasteiger charge is 2.48. The van der Waals surface area contributed by atoms with Gasteiger partial charge in [-0.1, -0.05) is 0 Å². The van der Waals surface area contributed by atoms with E-state index in [1.54, 1.807) is 7.11 Å². The number of nitrogens with zero attached hydrogens (tertiary/aromatic N) is 4. The minimum absolute atomic E-state index is 0.518. The van der Waals surface area contributed by atoms with E-state index in [9.17, 15) is 0 Å². The Balaban J connectivity index is 1.37. The molecule has 2 heterocycles. The molecule has 4 saturated carbocycles. The van der Waals surface area contributed by atoms with Gasteiger partial charge in [0, 0.05) is 38.1 Å². The van der Waals surface area contributed by atoms with Crippen molar-refractivity contribution in [3.63, 3.8) is 0 Å². The predicted octanol–water partition coefficient (Wildman–Crippen LogP) is 3.85. The molecule has 0 unspecified atom stereocenters. The topological polar surface area (TPSA) is 63.2 Å². The summed E-state index contributed by atoms with van der Waals surface area (Å²) in [6.07, 6.45) is 10.7. The molecule has 0 atom stereocenters. The van der Waals surface area contributed by atoms with Crippen LogP contribution in [0.3, 0.4) is 0 Å². The van der Waals surface area contributed by atoms with Gasteiger partial charge in [0.2, 0.25) is 11.8 Å². The van der Waals surface area contributed by atoms with E-state index in [0.29, 0.717) is 17.9 Å². The number of ether oxygens (including phenoxy) is 1. The van der Waals surface area contributed by atoms with Gasteiger partial charge in [0.05, 0.1) is 12.7 Å². The van der Waals surface area contributed by atoms with Crippen molar-refractivity contribution in [2.75, 3.05) is 31.4 Å². The fraction of sp³-hybridized carbons (Fsp3) is 0.591. The maximum atomic E-state index is 5.60. The van der Waals surface area contributed by atoms with Crippen LogP contribution in [-0.4, -0.2) is 42.2 Å². The van der Waals surface area contributed by atoms with Crippen LogP contribution in [0.1, 0.15) is 32.1 Å². The van der Waals surface area contributed by atoms with Gasteiger partial charge in [-0.25, -0.2) is 9.97 Å². The molecule has 0 aliphatic heterocycles. The molecule has 2 aromatic rings. The lowest BCUT2D eigenvalue weighted by atomic mass is 9.54. The zero-order valence-electron chi connectivity index (χ0n) is 16.9. The zero-order valence-corrected chi connectivity index (χ0v) is 16.9. The molecule has 4 aliphatic rings. The molecule has 4 bridgehead atoms. The van der Waals surface area contributed by atoms with E-state index in [0.717, 1.165) is 40.6 Å². The fourth-order valence-electron chi connectivity index (χ4n) is 5.91. The van der Waals surface area contributed by atoms with Gasteiger partial charge in [-0.15, -0.1) is 0 Å². The van der Waals surface area contributed by atoms with Crippen LogP contribution < -0.4 is 15.0 Å². The molecular formula is C22H29N5O. The SMILES string of the molecule is COc1nc(NC2C3CC4CC(C3)CC2C4)ncc1-c1ccc(N(C)C)nc1. The Hall–Kier alpha value is -2.37. The molecule has 2 aromatic heterocycles. The van der Waals surface area contributed by atoms with Crippen molar-refractivity contribution in [1.29, 1.82) is 0 Å². The van der Waals surface area contributed by atoms with Crippen LogP contribution in [-0.2, 0) is 0 Å². The van der Waals surface area contributed by atoms with Crippen molar-refractivity contribution in [2.24, 2.45) is 23.7 Å². The first kappa shape index (κ1) is 17.7. The van der Waals surface area contributed by atoms with E-state index < -0.39 is 0 Å². The van der Waals surface area contributed by atoms with Gasteiger partial charge in [-0.3, -0.25) is 0 Å². The van der Waals surface area contributed by atoms with Crippen LogP contribution in [0.5, 0.6) is 5.88 Å². The monoisotopic (exact) mass is 379 g/mol. The van der Waals surface area contributed by atoms with Crippen molar-refractivity contribution in [3.8, 4) is 17.0 Å². The van der Waals surface area contributed by atoms with Gasteiger partial charge in [0.1, 0.15) is 5.82 Å². The summed E-state index contributed by atoms with van der Waals surface area (Å²) >= 11 is 0. The van der Waals surface area contributed by atoms with Gasteiger partial charge < -0.3 is 15.0 Å². The summed E-state index contributed by atoms with van der Waals surface area (Å²) in [5, 5.41) is 3.68. The van der Waals surface area contributed by atoms with Gasteiger partial charge in [-0.05, 0) is 67.9 Å². The Kier molecular flexibility index (Phi) is 4.37. The molecule has 28 heavy (non-hydrogen) atoms. The van der Waals surface area contributed by atoms with Crippen LogP contribution in [0.2, 0.25) is 0 Å². The first-order chi connectivity index (χ1) is 13.6. The zero-order chi connectivity index (χ0) is 19.3. The third-order valence-corrected chi connectivity index (χ3v) is 6.99. The van der Waals surface area contributed by atoms with Crippen LogP contribution in [0.25, 0.3) is 11.1 Å². The van der Waals surface area contributed by atoms with E-state index >= 15 is 0 Å². The summed E-state index contributed by atoms with van der Waals surface area (Å²) in [5.74, 6) is 5.72. The maximum Gasteiger partial charge on any atom is 0.226 e. The first-order valence-electron chi connectivity index (χ1n) is 10.4. The lowest BCUT2D eigenvalue weighted by molar-refractivity contribution is 0.00727. The molecular weight excluding hydrogens is 350 g/mol. The molecule has 6 rings (SSSR count). The Morgan fingerprint density at radius 3 is 2.25 bits per heavy atom. The van der Waals surface area contributed by atoms with Crippen LogP contribution in [0, 0.1) is 23.7 Å². The second kappa shape index (κ2) is 6.90. The Morgan fingerprint density at radius 1 is 0.964 bits per heavy atom. The molecule has 4 fully saturated rings. The number of aromatic nitrogens is 3. The van der Waals surface area contributed by atoms with E-state index in [4.69, 9.17) is 9.72 Å². The number of hydrogen-bond acceptors (Lipinski definition) is 6. The maximum absolute atomic E-state index is 5.60. The minimum Gasteiger partial charge on any atom is -0.480 e. The lowest BCUT2D eigenvalue weighted by Gasteiger charge is -2.54. The third-order valence-electron chi connectivity index (χ3n) is 6.99. The van der Waals surface area contributed by atoms with Crippen molar-refractivity contribution in [3.05, 3.63) is 24.5 Å². The molecule has 148 valence electrons. The molecule has 0 saturated heterocycles. The van der Waals surface area contributed by atoms with Gasteiger partial charge in [-0.2, -0.15) is 4.98 Å². The largest absolute Gasteiger partial charge is 0.480 e. The molecule has 0 amide bonds. The molecule has 1 N–H and O–H groups in total. The highest BCUT2D eigenvalue weighted by molar-refractivity contribution is 5.68. The molecule has 6 nitrogen and oxygen atoms in total. The quantitative estimate of drug-likeness (QED) is 0.851. The van der Waals surface area contributed by atoms with E-state index in [1.807, 2.05) is 43.5 Å². The third kappa shape index (κ3) is 3.09. The number of methoxy groups -OCH3 is 1. The average molecular weight is 380 g/mol. The fourth-order valence-corrected chi connectivity index (χ4v) is 5.91. The molecule has 0 spiro atoms. The van der Waals surface area contributed by atoms with Gasteiger partial charge >= 0.3 is 0 Å². The average Bonchev–Trinajstić information content (AvgIpc) is 2.70. The standard InChI is InChI=1S/C22H29N5O/c1-27(2)19-5-4-15(11-23-19)18-12-24-22(26-21(18)28-3)25-20-16-7-13-6-14(9-16)10-17(20)8-13/h4-5,11-14,16-17,20H,6-10H2,1-3H3,(H,24,25,26). The number of anilines is 2. The highest BCUT2D eigenvalue weighted by Crippen LogP contribution is 2.54. The van der Waals surface area contributed by atoms with Crippen LogP contribution in [0.4, 0.5) is 11.8 Å². The molecule has 6 heteroatoms. The van der Waals surface area contributed by atoms with Gasteiger partial charge in [0.25, 0.3) is 0 Å². The number of nitrogens with one attached hydrogen (secondary N) is 1.